The maximum Gasteiger partial charge on any atom is 0.228 e. The zero-order valence-electron chi connectivity index (χ0n) is 11.1. The van der Waals surface area contributed by atoms with E-state index in [1.165, 1.54) is 6.42 Å². The first kappa shape index (κ1) is 13.6. The normalized spacial score (nSPS) is 20.1. The first-order chi connectivity index (χ1) is 7.64. The lowest BCUT2D eigenvalue weighted by molar-refractivity contribution is -0.141. The van der Waals surface area contributed by atoms with Gasteiger partial charge < -0.3 is 4.90 Å². The predicted octanol–water partition coefficient (Wildman–Crippen LogP) is 2.98. The van der Waals surface area contributed by atoms with Crippen molar-refractivity contribution in [3.05, 3.63) is 0 Å². The summed E-state index contributed by atoms with van der Waals surface area (Å²) in [7, 11) is 2.29. The summed E-state index contributed by atoms with van der Waals surface area (Å²) < 4.78 is 0. The number of rotatable bonds is 5. The first-order valence-electron chi connectivity index (χ1n) is 6.75. The third-order valence-electron chi connectivity index (χ3n) is 3.87. The second-order valence-electron chi connectivity index (χ2n) is 5.18. The molecule has 0 spiro atoms. The van der Waals surface area contributed by atoms with Crippen molar-refractivity contribution in [2.75, 3.05) is 13.1 Å². The van der Waals surface area contributed by atoms with E-state index in [-0.39, 0.29) is 5.41 Å². The van der Waals surface area contributed by atoms with E-state index in [0.717, 1.165) is 45.0 Å². The molecule has 0 N–H and O–H groups in total. The van der Waals surface area contributed by atoms with Gasteiger partial charge in [0.2, 0.25) is 5.91 Å². The lowest BCUT2D eigenvalue weighted by Gasteiger charge is -2.36. The average molecular weight is 222 g/mol. The molecule has 3 heteroatoms. The molecule has 0 aromatic carbocycles. The number of amides is 1. The minimum Gasteiger partial charge on any atom is -0.344 e. The van der Waals surface area contributed by atoms with E-state index in [4.69, 9.17) is 0 Å². The average Bonchev–Trinajstić information content (AvgIpc) is 2.36. The van der Waals surface area contributed by atoms with Crippen LogP contribution in [0.5, 0.6) is 0 Å². The largest absolute Gasteiger partial charge is 0.344 e. The van der Waals surface area contributed by atoms with Crippen LogP contribution in [0, 0.1) is 5.41 Å². The van der Waals surface area contributed by atoms with Gasteiger partial charge in [-0.05, 0) is 12.8 Å². The highest BCUT2D eigenvalue weighted by Gasteiger charge is 2.34. The Kier molecular flexibility index (Phi) is 5.37. The third-order valence-corrected chi connectivity index (χ3v) is 3.87. The number of carbonyl (C=O) groups is 1. The minimum absolute atomic E-state index is 0.118. The van der Waals surface area contributed by atoms with Crippen molar-refractivity contribution in [2.24, 2.45) is 5.41 Å². The Bertz CT molecular complexity index is 226. The molecule has 0 saturated carbocycles. The van der Waals surface area contributed by atoms with Crippen LogP contribution in [0.3, 0.4) is 0 Å². The summed E-state index contributed by atoms with van der Waals surface area (Å²) in [6, 6.07) is 0. The molecule has 91 valence electrons. The number of hydrogen-bond donors (Lipinski definition) is 0. The molecule has 1 radical (unpaired) electrons. The SMILES string of the molecule is CCCCC(C)(CC)C(=O)N1CC[B]CC1. The van der Waals surface area contributed by atoms with Crippen LogP contribution in [0.4, 0.5) is 0 Å². The second-order valence-corrected chi connectivity index (χ2v) is 5.18. The smallest absolute Gasteiger partial charge is 0.228 e. The molecular weight excluding hydrogens is 197 g/mol. The third kappa shape index (κ3) is 3.26. The Balaban J connectivity index is 2.59. The molecule has 0 aromatic rings. The fourth-order valence-corrected chi connectivity index (χ4v) is 2.34. The summed E-state index contributed by atoms with van der Waals surface area (Å²) in [5, 5.41) is 0. The quantitative estimate of drug-likeness (QED) is 0.655. The van der Waals surface area contributed by atoms with Gasteiger partial charge in [-0.2, -0.15) is 0 Å². The molecular formula is C13H25BNO. The minimum atomic E-state index is -0.118. The zero-order valence-corrected chi connectivity index (χ0v) is 11.1. The van der Waals surface area contributed by atoms with Crippen LogP contribution >= 0.6 is 0 Å². The molecule has 1 saturated heterocycles. The van der Waals surface area contributed by atoms with E-state index in [9.17, 15) is 4.79 Å². The van der Waals surface area contributed by atoms with E-state index in [0.29, 0.717) is 5.91 Å². The molecule has 0 aliphatic carbocycles. The van der Waals surface area contributed by atoms with Crippen LogP contribution in [-0.4, -0.2) is 31.2 Å². The molecule has 0 aromatic heterocycles. The molecule has 1 fully saturated rings. The summed E-state index contributed by atoms with van der Waals surface area (Å²) in [5.74, 6) is 0.386. The van der Waals surface area contributed by atoms with Crippen molar-refractivity contribution in [3.63, 3.8) is 0 Å². The number of hydrogen-bond acceptors (Lipinski definition) is 1. The standard InChI is InChI=1S/C13H25BNO/c1-4-6-7-13(3,5-2)12(16)15-10-8-14-9-11-15/h4-11H2,1-3H3. The monoisotopic (exact) mass is 222 g/mol. The maximum atomic E-state index is 12.5. The van der Waals surface area contributed by atoms with Crippen LogP contribution in [0.15, 0.2) is 0 Å². The van der Waals surface area contributed by atoms with Crippen molar-refractivity contribution in [1.29, 1.82) is 0 Å². The van der Waals surface area contributed by atoms with Crippen LogP contribution < -0.4 is 0 Å². The molecule has 2 nitrogen and oxygen atoms in total. The predicted molar refractivity (Wildman–Crippen MR) is 69.9 cm³/mol. The Morgan fingerprint density at radius 2 is 1.94 bits per heavy atom. The van der Waals surface area contributed by atoms with Crippen LogP contribution in [0.1, 0.15) is 46.5 Å². The van der Waals surface area contributed by atoms with E-state index in [1.807, 2.05) is 0 Å². The van der Waals surface area contributed by atoms with Gasteiger partial charge in [-0.3, -0.25) is 4.79 Å². The van der Waals surface area contributed by atoms with E-state index in [2.05, 4.69) is 33.0 Å². The molecule has 1 aliphatic heterocycles. The molecule has 1 amide bonds. The zero-order chi connectivity index (χ0) is 12.0. The fourth-order valence-electron chi connectivity index (χ4n) is 2.34. The topological polar surface area (TPSA) is 20.3 Å². The fraction of sp³-hybridized carbons (Fsp3) is 0.923. The summed E-state index contributed by atoms with van der Waals surface area (Å²) in [4.78, 5) is 14.5. The molecule has 16 heavy (non-hydrogen) atoms. The van der Waals surface area contributed by atoms with Gasteiger partial charge in [0.15, 0.2) is 0 Å². The maximum absolute atomic E-state index is 12.5. The van der Waals surface area contributed by atoms with Crippen molar-refractivity contribution < 1.29 is 4.79 Å². The number of carbonyl (C=O) groups excluding carboxylic acids is 1. The summed E-state index contributed by atoms with van der Waals surface area (Å²) in [5.41, 5.74) is -0.118. The lowest BCUT2D eigenvalue weighted by atomic mass is 9.68. The molecule has 1 unspecified atom stereocenters. The first-order valence-corrected chi connectivity index (χ1v) is 6.75. The Morgan fingerprint density at radius 1 is 1.31 bits per heavy atom. The van der Waals surface area contributed by atoms with E-state index >= 15 is 0 Å². The van der Waals surface area contributed by atoms with Crippen molar-refractivity contribution in [2.45, 2.75) is 59.1 Å². The van der Waals surface area contributed by atoms with Gasteiger partial charge in [-0.15, -0.1) is 0 Å². The second kappa shape index (κ2) is 6.31. The molecule has 1 aliphatic rings. The molecule has 1 rings (SSSR count). The Hall–Kier alpha value is -0.465. The number of unbranched alkanes of at least 4 members (excludes halogenated alkanes) is 1. The summed E-state index contributed by atoms with van der Waals surface area (Å²) in [6.45, 7) is 8.34. The van der Waals surface area contributed by atoms with Gasteiger partial charge in [-0.25, -0.2) is 0 Å². The summed E-state index contributed by atoms with van der Waals surface area (Å²) in [6.07, 6.45) is 6.48. The van der Waals surface area contributed by atoms with Crippen molar-refractivity contribution >= 4 is 13.2 Å². The highest BCUT2D eigenvalue weighted by molar-refractivity contribution is 6.36. The van der Waals surface area contributed by atoms with Crippen LogP contribution in [0.25, 0.3) is 0 Å². The Morgan fingerprint density at radius 3 is 2.44 bits per heavy atom. The highest BCUT2D eigenvalue weighted by atomic mass is 16.2. The highest BCUT2D eigenvalue weighted by Crippen LogP contribution is 2.31. The van der Waals surface area contributed by atoms with Crippen LogP contribution in [0.2, 0.25) is 12.6 Å². The Labute approximate surface area is 101 Å². The van der Waals surface area contributed by atoms with Gasteiger partial charge in [0.25, 0.3) is 0 Å². The molecule has 1 heterocycles. The lowest BCUT2D eigenvalue weighted by Crippen LogP contribution is -2.45. The van der Waals surface area contributed by atoms with E-state index in [1.54, 1.807) is 0 Å². The van der Waals surface area contributed by atoms with Gasteiger partial charge >= 0.3 is 0 Å². The molecule has 0 bridgehead atoms. The summed E-state index contributed by atoms with van der Waals surface area (Å²) >= 11 is 0. The number of nitrogens with zero attached hydrogens (tertiary/aromatic N) is 1. The van der Waals surface area contributed by atoms with Crippen LogP contribution in [-0.2, 0) is 4.79 Å². The van der Waals surface area contributed by atoms with Crippen molar-refractivity contribution in [1.82, 2.24) is 4.90 Å². The molecule has 1 atom stereocenters. The van der Waals surface area contributed by atoms with Gasteiger partial charge in [-0.1, -0.05) is 46.3 Å². The van der Waals surface area contributed by atoms with Gasteiger partial charge in [0.1, 0.15) is 7.28 Å². The van der Waals surface area contributed by atoms with Gasteiger partial charge in [0.05, 0.1) is 0 Å². The van der Waals surface area contributed by atoms with Crippen molar-refractivity contribution in [3.8, 4) is 0 Å². The van der Waals surface area contributed by atoms with E-state index < -0.39 is 0 Å². The van der Waals surface area contributed by atoms with Gasteiger partial charge in [0, 0.05) is 18.5 Å².